The molecule has 3 rings (SSSR count). The first kappa shape index (κ1) is 15.2. The van der Waals surface area contributed by atoms with Crippen molar-refractivity contribution in [1.29, 1.82) is 0 Å². The van der Waals surface area contributed by atoms with Gasteiger partial charge in [-0.25, -0.2) is 0 Å². The summed E-state index contributed by atoms with van der Waals surface area (Å²) in [5.41, 5.74) is 1.78. The zero-order valence-corrected chi connectivity index (χ0v) is 13.0. The second kappa shape index (κ2) is 5.49. The maximum atomic E-state index is 12.6. The van der Waals surface area contributed by atoms with Crippen LogP contribution in [0.5, 0.6) is 0 Å². The normalized spacial score (nSPS) is 20.8. The van der Waals surface area contributed by atoms with Gasteiger partial charge < -0.3 is 10.2 Å². The fourth-order valence-electron chi connectivity index (χ4n) is 3.10. The van der Waals surface area contributed by atoms with Gasteiger partial charge in [0.05, 0.1) is 0 Å². The lowest BCUT2D eigenvalue weighted by Gasteiger charge is -2.33. The molecule has 1 N–H and O–H groups in total. The summed E-state index contributed by atoms with van der Waals surface area (Å²) < 4.78 is 0. The lowest BCUT2D eigenvalue weighted by Crippen LogP contribution is -2.53. The Morgan fingerprint density at radius 3 is 2.70 bits per heavy atom. The smallest absolute Gasteiger partial charge is 0.255 e. The molecular weight excluding hydrogens is 298 g/mol. The number of benzene rings is 1. The molecule has 2 heterocycles. The Hall–Kier alpha value is -2.70. The molecule has 0 saturated carbocycles. The molecule has 2 aliphatic heterocycles. The fraction of sp³-hybridized carbons (Fsp3) is 0.375. The average Bonchev–Trinajstić information content (AvgIpc) is 2.83. The van der Waals surface area contributed by atoms with Crippen LogP contribution in [-0.2, 0) is 20.9 Å². The molecule has 120 valence electrons. The molecule has 1 aromatic rings. The number of nitrogens with one attached hydrogen (secondary N) is 1. The van der Waals surface area contributed by atoms with Crippen molar-refractivity contribution >= 4 is 29.3 Å². The molecule has 4 amide bonds. The number of nitrogens with zero attached hydrogens (tertiary/aromatic N) is 2. The number of likely N-dealkylation sites (N-methyl/N-ethyl adjacent to an activating group) is 1. The number of anilines is 1. The molecule has 0 aliphatic carbocycles. The molecule has 0 aromatic heterocycles. The first-order chi connectivity index (χ1) is 10.9. The van der Waals surface area contributed by atoms with Gasteiger partial charge in [-0.05, 0) is 18.6 Å². The molecule has 1 fully saturated rings. The number of carbonyl (C=O) groups excluding carboxylic acids is 4. The van der Waals surface area contributed by atoms with Crippen molar-refractivity contribution in [1.82, 2.24) is 9.80 Å². The van der Waals surface area contributed by atoms with Gasteiger partial charge in [-0.3, -0.25) is 24.1 Å². The van der Waals surface area contributed by atoms with Crippen molar-refractivity contribution in [3.63, 3.8) is 0 Å². The van der Waals surface area contributed by atoms with E-state index in [1.807, 2.05) is 0 Å². The molecule has 0 radical (unpaired) electrons. The first-order valence-corrected chi connectivity index (χ1v) is 7.41. The Morgan fingerprint density at radius 1 is 1.26 bits per heavy atom. The van der Waals surface area contributed by atoms with E-state index in [2.05, 4.69) is 5.32 Å². The minimum atomic E-state index is -0.636. The number of fused-ring (bicyclic) bond motifs is 1. The number of hydrogen-bond donors (Lipinski definition) is 1. The van der Waals surface area contributed by atoms with Gasteiger partial charge in [0, 0.05) is 43.8 Å². The van der Waals surface area contributed by atoms with Crippen LogP contribution in [0.2, 0.25) is 0 Å². The SMILES string of the molecule is CC(=O)Nc1cccc2c1CN(C1CCC(=O)N(C)C1=O)C2=O. The van der Waals surface area contributed by atoms with Crippen molar-refractivity contribution in [2.45, 2.75) is 32.4 Å². The van der Waals surface area contributed by atoms with E-state index in [4.69, 9.17) is 0 Å². The largest absolute Gasteiger partial charge is 0.326 e. The van der Waals surface area contributed by atoms with Crippen molar-refractivity contribution in [3.8, 4) is 0 Å². The molecule has 23 heavy (non-hydrogen) atoms. The molecule has 1 saturated heterocycles. The first-order valence-electron chi connectivity index (χ1n) is 7.41. The van der Waals surface area contributed by atoms with Gasteiger partial charge in [0.2, 0.25) is 11.8 Å². The van der Waals surface area contributed by atoms with Gasteiger partial charge in [0.25, 0.3) is 11.8 Å². The lowest BCUT2D eigenvalue weighted by atomic mass is 10.0. The minimum Gasteiger partial charge on any atom is -0.326 e. The molecule has 1 atom stereocenters. The van der Waals surface area contributed by atoms with Crippen molar-refractivity contribution in [2.75, 3.05) is 12.4 Å². The molecule has 0 spiro atoms. The van der Waals surface area contributed by atoms with Crippen molar-refractivity contribution in [3.05, 3.63) is 29.3 Å². The number of amides is 4. The predicted molar refractivity (Wildman–Crippen MR) is 81.4 cm³/mol. The van der Waals surface area contributed by atoms with Gasteiger partial charge in [-0.15, -0.1) is 0 Å². The Labute approximate surface area is 133 Å². The highest BCUT2D eigenvalue weighted by molar-refractivity contribution is 6.06. The van der Waals surface area contributed by atoms with Crippen LogP contribution in [0.1, 0.15) is 35.7 Å². The maximum Gasteiger partial charge on any atom is 0.255 e. The molecule has 1 unspecified atom stereocenters. The molecule has 0 bridgehead atoms. The molecule has 2 aliphatic rings. The van der Waals surface area contributed by atoms with E-state index >= 15 is 0 Å². The zero-order valence-electron chi connectivity index (χ0n) is 13.0. The van der Waals surface area contributed by atoms with E-state index in [9.17, 15) is 19.2 Å². The lowest BCUT2D eigenvalue weighted by molar-refractivity contribution is -0.150. The van der Waals surface area contributed by atoms with Crippen LogP contribution in [0.15, 0.2) is 18.2 Å². The van der Waals surface area contributed by atoms with Crippen molar-refractivity contribution in [2.24, 2.45) is 0 Å². The Kier molecular flexibility index (Phi) is 3.63. The summed E-state index contributed by atoms with van der Waals surface area (Å²) in [7, 11) is 1.44. The predicted octanol–water partition coefficient (Wildman–Crippen LogP) is 0.748. The van der Waals surface area contributed by atoms with Crippen LogP contribution in [0.3, 0.4) is 0 Å². The van der Waals surface area contributed by atoms with Crippen LogP contribution in [-0.4, -0.2) is 46.5 Å². The topological polar surface area (TPSA) is 86.8 Å². The van der Waals surface area contributed by atoms with Gasteiger partial charge >= 0.3 is 0 Å². The Bertz CT molecular complexity index is 728. The van der Waals surface area contributed by atoms with Crippen LogP contribution in [0.4, 0.5) is 5.69 Å². The standard InChI is InChI=1S/C16H17N3O4/c1-9(20)17-12-5-3-4-10-11(12)8-19(15(10)22)13-6-7-14(21)18(2)16(13)23/h3-5,13H,6-8H2,1-2H3,(H,17,20). The van der Waals surface area contributed by atoms with Gasteiger partial charge in [-0.1, -0.05) is 6.07 Å². The summed E-state index contributed by atoms with van der Waals surface area (Å²) in [4.78, 5) is 50.4. The summed E-state index contributed by atoms with van der Waals surface area (Å²) in [6.45, 7) is 1.65. The van der Waals surface area contributed by atoms with Crippen molar-refractivity contribution < 1.29 is 19.2 Å². The summed E-state index contributed by atoms with van der Waals surface area (Å²) in [5.74, 6) is -1.05. The van der Waals surface area contributed by atoms with Crippen LogP contribution in [0.25, 0.3) is 0 Å². The van der Waals surface area contributed by atoms with E-state index in [1.54, 1.807) is 18.2 Å². The van der Waals surface area contributed by atoms with Crippen LogP contribution < -0.4 is 5.32 Å². The van der Waals surface area contributed by atoms with E-state index in [0.717, 1.165) is 4.90 Å². The molecular formula is C16H17N3O4. The maximum absolute atomic E-state index is 12.6. The number of hydrogen-bond acceptors (Lipinski definition) is 4. The second-order valence-corrected chi connectivity index (χ2v) is 5.79. The minimum absolute atomic E-state index is 0.219. The monoisotopic (exact) mass is 315 g/mol. The third-order valence-electron chi connectivity index (χ3n) is 4.30. The van der Waals surface area contributed by atoms with E-state index in [0.29, 0.717) is 23.2 Å². The third kappa shape index (κ3) is 2.48. The fourth-order valence-corrected chi connectivity index (χ4v) is 3.10. The second-order valence-electron chi connectivity index (χ2n) is 5.79. The molecule has 1 aromatic carbocycles. The molecule has 7 nitrogen and oxygen atoms in total. The zero-order chi connectivity index (χ0) is 16.7. The Balaban J connectivity index is 1.90. The van der Waals surface area contributed by atoms with Gasteiger partial charge in [0.15, 0.2) is 0 Å². The number of carbonyl (C=O) groups is 4. The quantitative estimate of drug-likeness (QED) is 0.816. The summed E-state index contributed by atoms with van der Waals surface area (Å²) >= 11 is 0. The highest BCUT2D eigenvalue weighted by Crippen LogP contribution is 2.32. The Morgan fingerprint density at radius 2 is 2.00 bits per heavy atom. The summed E-state index contributed by atoms with van der Waals surface area (Å²) in [5, 5.41) is 2.71. The summed E-state index contributed by atoms with van der Waals surface area (Å²) in [6.07, 6.45) is 0.572. The van der Waals surface area contributed by atoms with Crippen LogP contribution >= 0.6 is 0 Å². The van der Waals surface area contributed by atoms with Crippen LogP contribution in [0, 0.1) is 0 Å². The van der Waals surface area contributed by atoms with Gasteiger partial charge in [-0.2, -0.15) is 0 Å². The highest BCUT2D eigenvalue weighted by Gasteiger charge is 2.41. The summed E-state index contributed by atoms with van der Waals surface area (Å²) in [6, 6.07) is 4.48. The number of piperidine rings is 1. The van der Waals surface area contributed by atoms with E-state index in [1.165, 1.54) is 18.9 Å². The number of imide groups is 1. The third-order valence-corrected chi connectivity index (χ3v) is 4.30. The van der Waals surface area contributed by atoms with Gasteiger partial charge in [0.1, 0.15) is 6.04 Å². The number of likely N-dealkylation sites (tertiary alicyclic amines) is 1. The highest BCUT2D eigenvalue weighted by atomic mass is 16.2. The van der Waals surface area contributed by atoms with E-state index < -0.39 is 6.04 Å². The van der Waals surface area contributed by atoms with E-state index in [-0.39, 0.29) is 36.6 Å². The molecule has 7 heteroatoms. The average molecular weight is 315 g/mol. The number of rotatable bonds is 2.